The monoisotopic (exact) mass is 434 g/mol. The number of benzene rings is 1. The van der Waals surface area contributed by atoms with Crippen molar-refractivity contribution >= 4 is 29.9 Å². The molecule has 6 heteroatoms. The third-order valence-corrected chi connectivity index (χ3v) is 4.16. The number of nitrogens with zero attached hydrogens (tertiary/aromatic N) is 2. The highest BCUT2D eigenvalue weighted by atomic mass is 127. The molecule has 0 saturated carbocycles. The van der Waals surface area contributed by atoms with E-state index in [1.165, 1.54) is 25.5 Å². The SMILES string of the molecule is CCNC(=NCc1ccc(F)c(C)c1)NCC1CCCN1C.I. The lowest BCUT2D eigenvalue weighted by atomic mass is 10.1. The summed E-state index contributed by atoms with van der Waals surface area (Å²) in [6.07, 6.45) is 2.51. The zero-order chi connectivity index (χ0) is 15.9. The normalized spacial score (nSPS) is 18.6. The summed E-state index contributed by atoms with van der Waals surface area (Å²) in [6, 6.07) is 5.73. The van der Waals surface area contributed by atoms with Gasteiger partial charge in [0.05, 0.1) is 6.54 Å². The van der Waals surface area contributed by atoms with E-state index in [1.807, 2.05) is 6.07 Å². The zero-order valence-electron chi connectivity index (χ0n) is 14.2. The predicted octanol–water partition coefficient (Wildman–Crippen LogP) is 2.90. The zero-order valence-corrected chi connectivity index (χ0v) is 16.6. The largest absolute Gasteiger partial charge is 0.357 e. The molecule has 1 saturated heterocycles. The topological polar surface area (TPSA) is 39.7 Å². The Hall–Kier alpha value is -0.890. The van der Waals surface area contributed by atoms with Crippen molar-refractivity contribution in [1.29, 1.82) is 0 Å². The van der Waals surface area contributed by atoms with Crippen molar-refractivity contribution < 1.29 is 4.39 Å². The maximum Gasteiger partial charge on any atom is 0.191 e. The lowest BCUT2D eigenvalue weighted by Crippen LogP contribution is -2.44. The molecule has 0 amide bonds. The van der Waals surface area contributed by atoms with Crippen LogP contribution in [0.1, 0.15) is 30.9 Å². The van der Waals surface area contributed by atoms with Gasteiger partial charge in [0.2, 0.25) is 0 Å². The molecule has 1 aliphatic heterocycles. The van der Waals surface area contributed by atoms with Crippen LogP contribution in [0.5, 0.6) is 0 Å². The molecule has 130 valence electrons. The standard InChI is InChI=1S/C17H27FN4.HI/c1-4-19-17(21-12-15-6-5-9-22(15)3)20-11-14-7-8-16(18)13(2)10-14;/h7-8,10,15H,4-6,9,11-12H2,1-3H3,(H2,19,20,21);1H. The summed E-state index contributed by atoms with van der Waals surface area (Å²) in [4.78, 5) is 6.98. The maximum atomic E-state index is 13.3. The van der Waals surface area contributed by atoms with E-state index in [0.29, 0.717) is 18.2 Å². The number of aryl methyl sites for hydroxylation is 1. The summed E-state index contributed by atoms with van der Waals surface area (Å²) in [7, 11) is 2.17. The van der Waals surface area contributed by atoms with Gasteiger partial charge < -0.3 is 15.5 Å². The van der Waals surface area contributed by atoms with Gasteiger partial charge in [-0.05, 0) is 57.5 Å². The van der Waals surface area contributed by atoms with Crippen molar-refractivity contribution in [2.75, 3.05) is 26.7 Å². The number of likely N-dealkylation sites (N-methyl/N-ethyl adjacent to an activating group) is 1. The molecule has 0 spiro atoms. The third kappa shape index (κ3) is 6.25. The number of guanidine groups is 1. The number of hydrogen-bond donors (Lipinski definition) is 2. The summed E-state index contributed by atoms with van der Waals surface area (Å²) in [5.41, 5.74) is 1.69. The van der Waals surface area contributed by atoms with E-state index in [1.54, 1.807) is 13.0 Å². The van der Waals surface area contributed by atoms with Crippen LogP contribution in [0.4, 0.5) is 4.39 Å². The lowest BCUT2D eigenvalue weighted by molar-refractivity contribution is 0.309. The molecule has 0 radical (unpaired) electrons. The second-order valence-corrected chi connectivity index (χ2v) is 5.94. The average Bonchev–Trinajstić information content (AvgIpc) is 2.91. The highest BCUT2D eigenvalue weighted by molar-refractivity contribution is 14.0. The second-order valence-electron chi connectivity index (χ2n) is 5.94. The molecular formula is C17H28FIN4. The summed E-state index contributed by atoms with van der Waals surface area (Å²) < 4.78 is 13.3. The van der Waals surface area contributed by atoms with Crippen molar-refractivity contribution in [1.82, 2.24) is 15.5 Å². The Labute approximate surface area is 156 Å². The smallest absolute Gasteiger partial charge is 0.191 e. The summed E-state index contributed by atoms with van der Waals surface area (Å²) in [5.74, 6) is 0.659. The molecule has 1 aliphatic rings. The minimum Gasteiger partial charge on any atom is -0.357 e. The molecule has 0 aliphatic carbocycles. The Morgan fingerprint density at radius 2 is 2.17 bits per heavy atom. The second kappa shape index (κ2) is 10.1. The fourth-order valence-electron chi connectivity index (χ4n) is 2.77. The molecule has 1 fully saturated rings. The Kier molecular flexibility index (Phi) is 8.83. The van der Waals surface area contributed by atoms with Crippen molar-refractivity contribution in [2.45, 2.75) is 39.3 Å². The Bertz CT molecular complexity index is 521. The molecule has 2 rings (SSSR count). The van der Waals surface area contributed by atoms with E-state index in [-0.39, 0.29) is 29.8 Å². The van der Waals surface area contributed by atoms with Gasteiger partial charge in [0.1, 0.15) is 5.82 Å². The molecule has 1 heterocycles. The van der Waals surface area contributed by atoms with Crippen LogP contribution in [0.3, 0.4) is 0 Å². The quantitative estimate of drug-likeness (QED) is 0.426. The van der Waals surface area contributed by atoms with Crippen molar-refractivity contribution in [3.8, 4) is 0 Å². The molecule has 2 N–H and O–H groups in total. The fraction of sp³-hybridized carbons (Fsp3) is 0.588. The molecule has 1 aromatic rings. The number of likely N-dealkylation sites (tertiary alicyclic amines) is 1. The van der Waals surface area contributed by atoms with Crippen LogP contribution in [-0.2, 0) is 6.54 Å². The Morgan fingerprint density at radius 3 is 2.78 bits per heavy atom. The number of halogens is 2. The van der Waals surface area contributed by atoms with Gasteiger partial charge in [-0.25, -0.2) is 9.38 Å². The predicted molar refractivity (Wildman–Crippen MR) is 105 cm³/mol. The van der Waals surface area contributed by atoms with Gasteiger partial charge in [-0.1, -0.05) is 12.1 Å². The summed E-state index contributed by atoms with van der Waals surface area (Å²) in [5, 5.41) is 6.68. The molecule has 23 heavy (non-hydrogen) atoms. The molecular weight excluding hydrogens is 406 g/mol. The number of nitrogens with one attached hydrogen (secondary N) is 2. The number of hydrogen-bond acceptors (Lipinski definition) is 2. The van der Waals surface area contributed by atoms with Gasteiger partial charge >= 0.3 is 0 Å². The van der Waals surface area contributed by atoms with E-state index in [0.717, 1.165) is 24.6 Å². The van der Waals surface area contributed by atoms with Gasteiger partial charge in [0.15, 0.2) is 5.96 Å². The molecule has 4 nitrogen and oxygen atoms in total. The molecule has 0 bridgehead atoms. The van der Waals surface area contributed by atoms with Gasteiger partial charge in [0, 0.05) is 19.1 Å². The maximum absolute atomic E-state index is 13.3. The van der Waals surface area contributed by atoms with Crippen LogP contribution in [0.2, 0.25) is 0 Å². The Morgan fingerprint density at radius 1 is 1.39 bits per heavy atom. The van der Waals surface area contributed by atoms with Crippen LogP contribution in [-0.4, -0.2) is 43.6 Å². The van der Waals surface area contributed by atoms with Gasteiger partial charge in [0.25, 0.3) is 0 Å². The third-order valence-electron chi connectivity index (χ3n) is 4.16. The van der Waals surface area contributed by atoms with Gasteiger partial charge in [-0.15, -0.1) is 24.0 Å². The van der Waals surface area contributed by atoms with E-state index in [9.17, 15) is 4.39 Å². The first kappa shape index (κ1) is 20.2. The van der Waals surface area contributed by atoms with Crippen LogP contribution >= 0.6 is 24.0 Å². The van der Waals surface area contributed by atoms with Crippen LogP contribution in [0.15, 0.2) is 23.2 Å². The first-order valence-electron chi connectivity index (χ1n) is 8.07. The first-order valence-corrected chi connectivity index (χ1v) is 8.07. The van der Waals surface area contributed by atoms with E-state index >= 15 is 0 Å². The minimum absolute atomic E-state index is 0. The van der Waals surface area contributed by atoms with Crippen LogP contribution in [0, 0.1) is 12.7 Å². The summed E-state index contributed by atoms with van der Waals surface area (Å²) in [6.45, 7) is 7.30. The number of aliphatic imine (C=N–C) groups is 1. The summed E-state index contributed by atoms with van der Waals surface area (Å²) >= 11 is 0. The lowest BCUT2D eigenvalue weighted by Gasteiger charge is -2.21. The van der Waals surface area contributed by atoms with E-state index < -0.39 is 0 Å². The Balaban J connectivity index is 0.00000264. The van der Waals surface area contributed by atoms with Crippen molar-refractivity contribution in [3.63, 3.8) is 0 Å². The van der Waals surface area contributed by atoms with E-state index in [4.69, 9.17) is 0 Å². The molecule has 1 aromatic carbocycles. The first-order chi connectivity index (χ1) is 10.6. The van der Waals surface area contributed by atoms with Gasteiger partial charge in [-0.3, -0.25) is 0 Å². The average molecular weight is 434 g/mol. The number of rotatable bonds is 5. The molecule has 1 unspecified atom stereocenters. The van der Waals surface area contributed by atoms with E-state index in [2.05, 4.69) is 34.5 Å². The molecule has 0 aromatic heterocycles. The van der Waals surface area contributed by atoms with Gasteiger partial charge in [-0.2, -0.15) is 0 Å². The highest BCUT2D eigenvalue weighted by Gasteiger charge is 2.20. The van der Waals surface area contributed by atoms with Crippen molar-refractivity contribution in [2.24, 2.45) is 4.99 Å². The van der Waals surface area contributed by atoms with Crippen LogP contribution in [0.25, 0.3) is 0 Å². The molecule has 1 atom stereocenters. The highest BCUT2D eigenvalue weighted by Crippen LogP contribution is 2.13. The van der Waals surface area contributed by atoms with Crippen LogP contribution < -0.4 is 10.6 Å². The fourth-order valence-corrected chi connectivity index (χ4v) is 2.77. The minimum atomic E-state index is -0.165. The van der Waals surface area contributed by atoms with Crippen molar-refractivity contribution in [3.05, 3.63) is 35.1 Å².